The van der Waals surface area contributed by atoms with E-state index in [0.717, 1.165) is 19.3 Å². The predicted octanol–water partition coefficient (Wildman–Crippen LogP) is -2.96. The Balaban J connectivity index is -0.00000288. The molecule has 0 saturated heterocycles. The molecule has 6 nitrogen and oxygen atoms in total. The van der Waals surface area contributed by atoms with Crippen molar-refractivity contribution < 1.29 is 88.2 Å². The summed E-state index contributed by atoms with van der Waals surface area (Å²) in [5.41, 5.74) is 0. The molecule has 0 aromatic carbocycles. The third-order valence-electron chi connectivity index (χ3n) is 4.42. The van der Waals surface area contributed by atoms with Gasteiger partial charge in [0.25, 0.3) is 0 Å². The molecule has 0 aliphatic carbocycles. The van der Waals surface area contributed by atoms with Crippen LogP contribution in [0.4, 0.5) is 0 Å². The maximum atomic E-state index is 10.3. The van der Waals surface area contributed by atoms with Gasteiger partial charge in [-0.05, 0) is 25.7 Å². The summed E-state index contributed by atoms with van der Waals surface area (Å²) in [7, 11) is -4.95. The van der Waals surface area contributed by atoms with Crippen molar-refractivity contribution in [1.29, 1.82) is 0 Å². The van der Waals surface area contributed by atoms with Gasteiger partial charge >= 0.3 is 59.1 Å². The zero-order valence-corrected chi connectivity index (χ0v) is 22.6. The van der Waals surface area contributed by atoms with Crippen molar-refractivity contribution in [3.05, 3.63) is 0 Å². The molecule has 0 heterocycles. The summed E-state index contributed by atoms with van der Waals surface area (Å²) < 4.78 is 14.3. The van der Waals surface area contributed by atoms with Gasteiger partial charge in [0.1, 0.15) is 0 Å². The van der Waals surface area contributed by atoms with E-state index in [-0.39, 0.29) is 72.1 Å². The zero-order chi connectivity index (χ0) is 19.0. The number of hydrogen-bond acceptors (Lipinski definition) is 6. The van der Waals surface area contributed by atoms with Gasteiger partial charge in [0.05, 0.1) is 26.6 Å². The fourth-order valence-corrected chi connectivity index (χ4v) is 3.17. The van der Waals surface area contributed by atoms with E-state index >= 15 is 0 Å². The average molecular weight is 426 g/mol. The molecule has 0 fully saturated rings. The van der Waals surface area contributed by atoms with E-state index in [0.29, 0.717) is 12.8 Å². The maximum Gasteiger partial charge on any atom is 1.00 e. The zero-order valence-electron chi connectivity index (χ0n) is 17.7. The Morgan fingerprint density at radius 1 is 0.741 bits per heavy atom. The predicted molar refractivity (Wildman–Crippen MR) is 95.9 cm³/mol. The maximum absolute atomic E-state index is 10.3. The van der Waals surface area contributed by atoms with E-state index in [4.69, 9.17) is 0 Å². The van der Waals surface area contributed by atoms with E-state index < -0.39 is 20.0 Å². The molecule has 0 aliphatic heterocycles. The van der Waals surface area contributed by atoms with Gasteiger partial charge in [-0.15, -0.1) is 0 Å². The first kappa shape index (κ1) is 33.7. The second-order valence-corrected chi connectivity index (χ2v) is 8.08. The second-order valence-electron chi connectivity index (χ2n) is 6.92. The number of aliphatic hydroxyl groups excluding tert-OH is 2. The van der Waals surface area contributed by atoms with Crippen molar-refractivity contribution in [3.63, 3.8) is 0 Å². The van der Waals surface area contributed by atoms with Crippen LogP contribution in [0.5, 0.6) is 0 Å². The van der Waals surface area contributed by atoms with E-state index in [2.05, 4.69) is 11.4 Å². The molecule has 152 valence electrons. The minimum absolute atomic E-state index is 0. The molecule has 0 aromatic rings. The van der Waals surface area contributed by atoms with Crippen molar-refractivity contribution in [2.24, 2.45) is 0 Å². The van der Waals surface area contributed by atoms with Crippen molar-refractivity contribution in [2.45, 2.75) is 109 Å². The summed E-state index contributed by atoms with van der Waals surface area (Å²) in [6, 6.07) is 0. The number of hydrogen-bond donors (Lipinski definition) is 2. The Kier molecular flexibility index (Phi) is 28.3. The largest absolute Gasteiger partial charge is 1.00 e. The first-order valence-corrected chi connectivity index (χ1v) is 11.3. The Labute approximate surface area is 210 Å². The molecule has 2 atom stereocenters. The van der Waals surface area contributed by atoms with Gasteiger partial charge in [0.2, 0.25) is 0 Å². The fraction of sp³-hybridized carbons (Fsp3) is 1.00. The quantitative estimate of drug-likeness (QED) is 0.138. The molecule has 0 aliphatic rings. The van der Waals surface area contributed by atoms with Gasteiger partial charge in [-0.3, -0.25) is 0 Å². The minimum Gasteiger partial charge on any atom is -0.790 e. The Morgan fingerprint density at radius 2 is 1.15 bits per heavy atom. The van der Waals surface area contributed by atoms with E-state index in [9.17, 15) is 24.6 Å². The van der Waals surface area contributed by atoms with Crippen molar-refractivity contribution in [1.82, 2.24) is 0 Å². The van der Waals surface area contributed by atoms with Crippen LogP contribution in [0.15, 0.2) is 0 Å². The van der Waals surface area contributed by atoms with Crippen LogP contribution in [0.1, 0.15) is 96.8 Å². The standard InChI is InChI=1S/C18H39O6P.2Na/c1-2-3-4-5-6-7-8-9-10-11-12-17(19)13-14-18(20)15-16-24-25(21,22)23;;/h17-20H,2-16H2,1H3,(H2,21,22,23);;/q;2*+1/p-2. The SMILES string of the molecule is CCCCCCCCCCCCC(O)CCC(O)CCOP(=O)([O-])[O-].[Na+].[Na+]. The van der Waals surface area contributed by atoms with E-state index in [1.807, 2.05) is 0 Å². The Morgan fingerprint density at radius 3 is 1.59 bits per heavy atom. The molecule has 9 heteroatoms. The van der Waals surface area contributed by atoms with Crippen LogP contribution < -0.4 is 68.9 Å². The summed E-state index contributed by atoms with van der Waals surface area (Å²) in [5, 5.41) is 19.5. The van der Waals surface area contributed by atoms with Gasteiger partial charge < -0.3 is 29.1 Å². The fourth-order valence-electron chi connectivity index (χ4n) is 2.84. The van der Waals surface area contributed by atoms with Gasteiger partial charge in [0.15, 0.2) is 0 Å². The van der Waals surface area contributed by atoms with E-state index in [1.54, 1.807) is 0 Å². The number of rotatable bonds is 18. The first-order valence-electron chi connectivity index (χ1n) is 9.88. The van der Waals surface area contributed by atoms with Crippen LogP contribution in [0, 0.1) is 0 Å². The molecule has 0 spiro atoms. The van der Waals surface area contributed by atoms with Crippen molar-refractivity contribution in [3.8, 4) is 0 Å². The van der Waals surface area contributed by atoms with Gasteiger partial charge in [-0.25, -0.2) is 0 Å². The average Bonchev–Trinajstić information content (AvgIpc) is 2.53. The molecule has 2 unspecified atom stereocenters. The smallest absolute Gasteiger partial charge is 0.790 e. The summed E-state index contributed by atoms with van der Waals surface area (Å²) in [5.74, 6) is 0. The van der Waals surface area contributed by atoms with Crippen molar-refractivity contribution in [2.75, 3.05) is 6.61 Å². The van der Waals surface area contributed by atoms with Gasteiger partial charge in [0, 0.05) is 0 Å². The van der Waals surface area contributed by atoms with Crippen molar-refractivity contribution >= 4 is 7.82 Å². The van der Waals surface area contributed by atoms with Gasteiger partial charge in [-0.1, -0.05) is 71.1 Å². The Hall–Kier alpha value is 2.03. The van der Waals surface area contributed by atoms with Crippen LogP contribution in [0.2, 0.25) is 0 Å². The molecule has 0 aromatic heterocycles. The molecule has 27 heavy (non-hydrogen) atoms. The van der Waals surface area contributed by atoms with Crippen LogP contribution >= 0.6 is 7.82 Å². The molecule has 0 bridgehead atoms. The third-order valence-corrected chi connectivity index (χ3v) is 4.92. The number of unbranched alkanes of at least 4 members (excludes halogenated alkanes) is 9. The van der Waals surface area contributed by atoms with Crippen LogP contribution in [0.25, 0.3) is 0 Å². The molecular formula is C18H37Na2O6P. The topological polar surface area (TPSA) is 113 Å². The summed E-state index contributed by atoms with van der Waals surface area (Å²) in [6.07, 6.45) is 13.1. The first-order chi connectivity index (χ1) is 11.8. The van der Waals surface area contributed by atoms with Crippen LogP contribution in [-0.4, -0.2) is 29.0 Å². The third kappa shape index (κ3) is 28.0. The number of phosphoric ester groups is 1. The molecule has 0 saturated carbocycles. The van der Waals surface area contributed by atoms with Gasteiger partial charge in [-0.2, -0.15) is 0 Å². The minimum atomic E-state index is -4.95. The molecule has 2 N–H and O–H groups in total. The van der Waals surface area contributed by atoms with Crippen LogP contribution in [0.3, 0.4) is 0 Å². The second kappa shape index (κ2) is 22.7. The monoisotopic (exact) mass is 426 g/mol. The summed E-state index contributed by atoms with van der Waals surface area (Å²) in [4.78, 5) is 20.6. The number of aliphatic hydroxyl groups is 2. The molecular weight excluding hydrogens is 389 g/mol. The normalized spacial score (nSPS) is 13.5. The summed E-state index contributed by atoms with van der Waals surface area (Å²) >= 11 is 0. The van der Waals surface area contributed by atoms with Crippen LogP contribution in [-0.2, 0) is 9.09 Å². The molecule has 0 rings (SSSR count). The Bertz CT molecular complexity index is 344. The number of phosphoric acid groups is 1. The summed E-state index contributed by atoms with van der Waals surface area (Å²) in [6.45, 7) is 1.92. The van der Waals surface area contributed by atoms with E-state index in [1.165, 1.54) is 51.4 Å². The molecule has 0 amide bonds. The molecule has 0 radical (unpaired) electrons.